The summed E-state index contributed by atoms with van der Waals surface area (Å²) in [6, 6.07) is -0.801. The summed E-state index contributed by atoms with van der Waals surface area (Å²) in [7, 11) is -3.04. The van der Waals surface area contributed by atoms with Crippen LogP contribution in [0, 0.1) is 5.92 Å². The van der Waals surface area contributed by atoms with Crippen LogP contribution < -0.4 is 5.32 Å². The van der Waals surface area contributed by atoms with E-state index in [2.05, 4.69) is 5.32 Å². The average Bonchev–Trinajstić information content (AvgIpc) is 2.67. The fourth-order valence-electron chi connectivity index (χ4n) is 2.82. The minimum atomic E-state index is -3.04. The van der Waals surface area contributed by atoms with Crippen LogP contribution in [0.1, 0.15) is 33.1 Å². The van der Waals surface area contributed by atoms with Gasteiger partial charge in [-0.05, 0) is 12.3 Å². The third kappa shape index (κ3) is 3.13. The van der Waals surface area contributed by atoms with Gasteiger partial charge in [0.15, 0.2) is 9.84 Å². The van der Waals surface area contributed by atoms with E-state index < -0.39 is 15.9 Å². The monoisotopic (exact) mass is 302 g/mol. The summed E-state index contributed by atoms with van der Waals surface area (Å²) in [5.41, 5.74) is 0. The minimum absolute atomic E-state index is 0.0279. The van der Waals surface area contributed by atoms with E-state index in [1.807, 2.05) is 13.8 Å². The Morgan fingerprint density at radius 1 is 1.40 bits per heavy atom. The van der Waals surface area contributed by atoms with Gasteiger partial charge in [-0.3, -0.25) is 9.59 Å². The normalized spacial score (nSPS) is 31.8. The van der Waals surface area contributed by atoms with Gasteiger partial charge in [-0.1, -0.05) is 20.3 Å². The number of hydrogen-bond donors (Lipinski definition) is 1. The Morgan fingerprint density at radius 2 is 2.10 bits per heavy atom. The van der Waals surface area contributed by atoms with Gasteiger partial charge in [0, 0.05) is 19.0 Å². The number of carbonyl (C=O) groups excluding carboxylic acids is 2. The molecular formula is C13H22N2O4S. The molecular weight excluding hydrogens is 280 g/mol. The summed E-state index contributed by atoms with van der Waals surface area (Å²) >= 11 is 0. The standard InChI is InChI=1S/C13H22N2O4S/c1-3-9(2)12-13(17)15(6-4-11(16)14-12)10-5-7-20(18,19)8-10/h9-10,12H,3-8H2,1-2H3,(H,14,16). The van der Waals surface area contributed by atoms with E-state index >= 15 is 0 Å². The maximum absolute atomic E-state index is 12.6. The molecule has 7 heteroatoms. The molecule has 0 spiro atoms. The molecule has 0 saturated carbocycles. The molecule has 3 atom stereocenters. The third-order valence-corrected chi connectivity index (χ3v) is 6.06. The fourth-order valence-corrected chi connectivity index (χ4v) is 4.55. The average molecular weight is 302 g/mol. The highest BCUT2D eigenvalue weighted by atomic mass is 32.2. The molecule has 6 nitrogen and oxygen atoms in total. The molecule has 0 aliphatic carbocycles. The van der Waals surface area contributed by atoms with Crippen LogP contribution in [0.25, 0.3) is 0 Å². The highest BCUT2D eigenvalue weighted by Gasteiger charge is 2.40. The molecule has 0 aromatic rings. The molecule has 20 heavy (non-hydrogen) atoms. The van der Waals surface area contributed by atoms with Crippen LogP contribution in [0.5, 0.6) is 0 Å². The number of rotatable bonds is 3. The zero-order valence-corrected chi connectivity index (χ0v) is 12.8. The van der Waals surface area contributed by atoms with E-state index in [0.29, 0.717) is 13.0 Å². The second kappa shape index (κ2) is 5.71. The van der Waals surface area contributed by atoms with Gasteiger partial charge in [-0.15, -0.1) is 0 Å². The first-order valence-electron chi connectivity index (χ1n) is 7.14. The predicted octanol–water partition coefficient (Wildman–Crippen LogP) is -0.0633. The maximum atomic E-state index is 12.6. The lowest BCUT2D eigenvalue weighted by Crippen LogP contribution is -2.51. The van der Waals surface area contributed by atoms with E-state index in [9.17, 15) is 18.0 Å². The predicted molar refractivity (Wildman–Crippen MR) is 74.8 cm³/mol. The molecule has 114 valence electrons. The Morgan fingerprint density at radius 3 is 2.65 bits per heavy atom. The fraction of sp³-hybridized carbons (Fsp3) is 0.846. The molecule has 3 unspecified atom stereocenters. The molecule has 0 aromatic heterocycles. The maximum Gasteiger partial charge on any atom is 0.245 e. The molecule has 2 saturated heterocycles. The van der Waals surface area contributed by atoms with Gasteiger partial charge in [-0.25, -0.2) is 8.42 Å². The van der Waals surface area contributed by atoms with Crippen LogP contribution >= 0.6 is 0 Å². The Balaban J connectivity index is 2.20. The number of hydrogen-bond acceptors (Lipinski definition) is 4. The van der Waals surface area contributed by atoms with Crippen molar-refractivity contribution in [2.45, 2.75) is 45.2 Å². The first-order valence-corrected chi connectivity index (χ1v) is 8.96. The lowest BCUT2D eigenvalue weighted by molar-refractivity contribution is -0.136. The zero-order valence-electron chi connectivity index (χ0n) is 12.0. The topological polar surface area (TPSA) is 83.6 Å². The summed E-state index contributed by atoms with van der Waals surface area (Å²) in [4.78, 5) is 26.0. The van der Waals surface area contributed by atoms with Gasteiger partial charge in [0.1, 0.15) is 6.04 Å². The number of carbonyl (C=O) groups is 2. The molecule has 2 aliphatic rings. The summed E-state index contributed by atoms with van der Waals surface area (Å²) < 4.78 is 23.2. The first kappa shape index (κ1) is 15.3. The van der Waals surface area contributed by atoms with Crippen molar-refractivity contribution in [1.82, 2.24) is 10.2 Å². The van der Waals surface area contributed by atoms with E-state index in [1.165, 1.54) is 0 Å². The SMILES string of the molecule is CCC(C)C1NC(=O)CCN(C2CCS(=O)(=O)C2)C1=O. The molecule has 2 fully saturated rings. The molecule has 0 aromatic carbocycles. The van der Waals surface area contributed by atoms with Crippen LogP contribution in [0.2, 0.25) is 0 Å². The van der Waals surface area contributed by atoms with Gasteiger partial charge in [0.2, 0.25) is 11.8 Å². The molecule has 0 bridgehead atoms. The molecule has 0 radical (unpaired) electrons. The van der Waals surface area contributed by atoms with Crippen LogP contribution in [-0.4, -0.2) is 55.3 Å². The molecule has 2 aliphatic heterocycles. The summed E-state index contributed by atoms with van der Waals surface area (Å²) in [6.45, 7) is 4.22. The third-order valence-electron chi connectivity index (χ3n) is 4.31. The van der Waals surface area contributed by atoms with Crippen LogP contribution in [0.15, 0.2) is 0 Å². The lowest BCUT2D eigenvalue weighted by Gasteiger charge is -2.31. The highest BCUT2D eigenvalue weighted by Crippen LogP contribution is 2.22. The van der Waals surface area contributed by atoms with Crippen LogP contribution in [0.3, 0.4) is 0 Å². The Hall–Kier alpha value is -1.11. The number of amides is 2. The van der Waals surface area contributed by atoms with E-state index in [1.54, 1.807) is 4.90 Å². The van der Waals surface area contributed by atoms with Crippen molar-refractivity contribution < 1.29 is 18.0 Å². The minimum Gasteiger partial charge on any atom is -0.344 e. The van der Waals surface area contributed by atoms with Crippen molar-refractivity contribution in [3.05, 3.63) is 0 Å². The van der Waals surface area contributed by atoms with Crippen LogP contribution in [0.4, 0.5) is 0 Å². The van der Waals surface area contributed by atoms with Gasteiger partial charge in [0.25, 0.3) is 0 Å². The number of sulfone groups is 1. The van der Waals surface area contributed by atoms with Crippen molar-refractivity contribution in [1.29, 1.82) is 0 Å². The smallest absolute Gasteiger partial charge is 0.245 e. The van der Waals surface area contributed by atoms with Crippen molar-refractivity contribution in [3.8, 4) is 0 Å². The van der Waals surface area contributed by atoms with Gasteiger partial charge in [-0.2, -0.15) is 0 Å². The Bertz CT molecular complexity index is 503. The van der Waals surface area contributed by atoms with Crippen molar-refractivity contribution in [2.24, 2.45) is 5.92 Å². The Labute approximate surface area is 119 Å². The van der Waals surface area contributed by atoms with Crippen molar-refractivity contribution in [3.63, 3.8) is 0 Å². The summed E-state index contributed by atoms with van der Waals surface area (Å²) in [6.07, 6.45) is 1.51. The van der Waals surface area contributed by atoms with E-state index in [0.717, 1.165) is 6.42 Å². The molecule has 2 rings (SSSR count). The lowest BCUT2D eigenvalue weighted by atomic mass is 9.97. The second-order valence-corrected chi connectivity index (χ2v) is 8.00. The van der Waals surface area contributed by atoms with Crippen LogP contribution in [-0.2, 0) is 19.4 Å². The first-order chi connectivity index (χ1) is 9.34. The quantitative estimate of drug-likeness (QED) is 0.791. The number of nitrogens with zero attached hydrogens (tertiary/aromatic N) is 1. The largest absolute Gasteiger partial charge is 0.344 e. The summed E-state index contributed by atoms with van der Waals surface area (Å²) in [5, 5.41) is 2.77. The summed E-state index contributed by atoms with van der Waals surface area (Å²) in [5.74, 6) is -0.0545. The van der Waals surface area contributed by atoms with Crippen molar-refractivity contribution >= 4 is 21.7 Å². The van der Waals surface area contributed by atoms with Gasteiger partial charge < -0.3 is 10.2 Å². The second-order valence-electron chi connectivity index (χ2n) is 5.77. The van der Waals surface area contributed by atoms with Gasteiger partial charge >= 0.3 is 0 Å². The number of nitrogens with one attached hydrogen (secondary N) is 1. The van der Waals surface area contributed by atoms with Gasteiger partial charge in [0.05, 0.1) is 11.5 Å². The molecule has 1 N–H and O–H groups in total. The van der Waals surface area contributed by atoms with E-state index in [-0.39, 0.29) is 41.7 Å². The zero-order chi connectivity index (χ0) is 14.9. The van der Waals surface area contributed by atoms with Crippen molar-refractivity contribution in [2.75, 3.05) is 18.1 Å². The molecule has 2 heterocycles. The van der Waals surface area contributed by atoms with E-state index in [4.69, 9.17) is 0 Å². The molecule has 2 amide bonds. The Kier molecular flexibility index (Phi) is 4.36. The highest BCUT2D eigenvalue weighted by molar-refractivity contribution is 7.91.